The largest absolute Gasteiger partial charge is 0.481 e. The van der Waals surface area contributed by atoms with E-state index in [0.29, 0.717) is 0 Å². The van der Waals surface area contributed by atoms with Gasteiger partial charge in [0.25, 0.3) is 0 Å². The second kappa shape index (κ2) is 6.92. The molecule has 0 amide bonds. The summed E-state index contributed by atoms with van der Waals surface area (Å²) in [5.74, 6) is -0.972. The van der Waals surface area contributed by atoms with Crippen molar-refractivity contribution in [1.82, 2.24) is 0 Å². The number of carboxylic acids is 1. The van der Waals surface area contributed by atoms with Crippen LogP contribution in [0.25, 0.3) is 0 Å². The molecule has 0 atom stereocenters. The zero-order chi connectivity index (χ0) is 5.15. The predicted molar refractivity (Wildman–Crippen MR) is 23.6 cm³/mol. The monoisotopic (exact) mass is 170 g/mol. The standard InChI is InChI=1S/C4H8O2.Cu.F/c1-3(2)4(5)6;;/h3H,1-2H3,(H,5,6);;. The van der Waals surface area contributed by atoms with E-state index in [2.05, 4.69) is 0 Å². The Hall–Kier alpha value is -0.0805. The Balaban J connectivity index is -0.000000125. The van der Waals surface area contributed by atoms with Crippen LogP contribution < -0.4 is 0 Å². The second-order valence-electron chi connectivity index (χ2n) is 1.49. The van der Waals surface area contributed by atoms with Crippen LogP contribution in [0.1, 0.15) is 13.8 Å². The number of carboxylic acid groups (broad SMARTS) is 1. The van der Waals surface area contributed by atoms with Gasteiger partial charge >= 0.3 is 5.97 Å². The first-order valence-corrected chi connectivity index (χ1v) is 1.87. The molecule has 0 aliphatic heterocycles. The quantitative estimate of drug-likeness (QED) is 0.600. The van der Waals surface area contributed by atoms with Gasteiger partial charge in [-0.3, -0.25) is 4.79 Å². The van der Waals surface area contributed by atoms with Crippen LogP contribution in [0.5, 0.6) is 0 Å². The van der Waals surface area contributed by atoms with E-state index in [1.807, 2.05) is 0 Å². The first-order chi connectivity index (χ1) is 2.64. The third-order valence-electron chi connectivity index (χ3n) is 0.494. The number of aliphatic carboxylic acids is 1. The van der Waals surface area contributed by atoms with Gasteiger partial charge in [0.05, 0.1) is 5.92 Å². The minimum absolute atomic E-state index is 0. The molecule has 8 heavy (non-hydrogen) atoms. The van der Waals surface area contributed by atoms with Gasteiger partial charge in [-0.2, -0.15) is 0 Å². The summed E-state index contributed by atoms with van der Waals surface area (Å²) in [4.78, 5) is 9.70. The van der Waals surface area contributed by atoms with Crippen molar-refractivity contribution in [3.05, 3.63) is 0 Å². The van der Waals surface area contributed by atoms with Crippen LogP contribution in [-0.4, -0.2) is 11.1 Å². The maximum Gasteiger partial charge on any atom is 0.305 e. The summed E-state index contributed by atoms with van der Waals surface area (Å²) in [5, 5.41) is 7.99. The molecule has 0 bridgehead atoms. The topological polar surface area (TPSA) is 37.3 Å². The summed E-state index contributed by atoms with van der Waals surface area (Å²) in [6.07, 6.45) is 0. The average Bonchev–Trinajstić information content (AvgIpc) is 1.36. The van der Waals surface area contributed by atoms with Crippen molar-refractivity contribution in [2.24, 2.45) is 5.92 Å². The Morgan fingerprint density at radius 1 is 1.50 bits per heavy atom. The van der Waals surface area contributed by atoms with Gasteiger partial charge in [0.15, 0.2) is 0 Å². The third kappa shape index (κ3) is 9.33. The van der Waals surface area contributed by atoms with Crippen molar-refractivity contribution in [2.75, 3.05) is 0 Å². The van der Waals surface area contributed by atoms with Crippen molar-refractivity contribution in [3.63, 3.8) is 0 Å². The van der Waals surface area contributed by atoms with Crippen molar-refractivity contribution < 1.29 is 31.7 Å². The Morgan fingerprint density at radius 3 is 1.62 bits per heavy atom. The molecular weight excluding hydrogens is 163 g/mol. The molecule has 0 rings (SSSR count). The maximum atomic E-state index is 9.70. The summed E-state index contributed by atoms with van der Waals surface area (Å²) in [6.45, 7) is 3.28. The van der Waals surface area contributed by atoms with Crippen LogP contribution in [0.15, 0.2) is 0 Å². The summed E-state index contributed by atoms with van der Waals surface area (Å²) >= 11 is 0. The van der Waals surface area contributed by atoms with Crippen LogP contribution in [0.2, 0.25) is 0 Å². The minimum atomic E-state index is -0.741. The molecule has 1 N–H and O–H groups in total. The summed E-state index contributed by atoms with van der Waals surface area (Å²) in [6, 6.07) is 0. The van der Waals surface area contributed by atoms with Gasteiger partial charge in [0, 0.05) is 21.8 Å². The Bertz CT molecular complexity index is 65.1. The van der Waals surface area contributed by atoms with E-state index < -0.39 is 5.97 Å². The smallest absolute Gasteiger partial charge is 0.305 e. The molecular formula is C4H8CuFO2. The first kappa shape index (κ1) is 15.7. The predicted octanol–water partition coefficient (Wildman–Crippen LogP) is 1.14. The normalized spacial score (nSPS) is 6.88. The summed E-state index contributed by atoms with van der Waals surface area (Å²) in [5.41, 5.74) is 0. The Morgan fingerprint density at radius 2 is 1.62 bits per heavy atom. The summed E-state index contributed by atoms with van der Waals surface area (Å²) in [7, 11) is 0. The zero-order valence-electron chi connectivity index (χ0n) is 4.61. The van der Waals surface area contributed by atoms with Crippen LogP contribution >= 0.6 is 0 Å². The first-order valence-electron chi connectivity index (χ1n) is 1.87. The molecule has 2 radical (unpaired) electrons. The number of carbonyl (C=O) groups is 1. The fourth-order valence-corrected chi connectivity index (χ4v) is 0. The van der Waals surface area contributed by atoms with Gasteiger partial charge in [-0.15, -0.1) is 0 Å². The van der Waals surface area contributed by atoms with Crippen LogP contribution in [-0.2, 0) is 21.9 Å². The molecule has 0 spiro atoms. The van der Waals surface area contributed by atoms with Gasteiger partial charge in [-0.1, -0.05) is 13.8 Å². The van der Waals surface area contributed by atoms with Gasteiger partial charge < -0.3 is 5.11 Å². The van der Waals surface area contributed by atoms with Gasteiger partial charge in [0.2, 0.25) is 0 Å². The zero-order valence-corrected chi connectivity index (χ0v) is 5.55. The van der Waals surface area contributed by atoms with Crippen molar-refractivity contribution >= 4 is 5.97 Å². The molecule has 0 unspecified atom stereocenters. The fraction of sp³-hybridized carbons (Fsp3) is 0.750. The van der Waals surface area contributed by atoms with Gasteiger partial charge in [-0.25, -0.2) is 0 Å². The number of halogens is 1. The molecule has 0 aromatic heterocycles. The number of hydrogen-bond acceptors (Lipinski definition) is 1. The van der Waals surface area contributed by atoms with E-state index in [1.165, 1.54) is 0 Å². The molecule has 54 valence electrons. The van der Waals surface area contributed by atoms with E-state index >= 15 is 0 Å². The maximum absolute atomic E-state index is 9.70. The van der Waals surface area contributed by atoms with Crippen LogP contribution in [0.4, 0.5) is 4.70 Å². The minimum Gasteiger partial charge on any atom is -0.481 e. The molecule has 0 aliphatic carbocycles. The molecule has 0 aliphatic rings. The molecule has 0 saturated carbocycles. The van der Waals surface area contributed by atoms with Gasteiger partial charge in [0.1, 0.15) is 0 Å². The van der Waals surface area contributed by atoms with E-state index in [4.69, 9.17) is 5.11 Å². The van der Waals surface area contributed by atoms with E-state index in [1.54, 1.807) is 13.8 Å². The molecule has 0 saturated heterocycles. The molecule has 0 aromatic rings. The van der Waals surface area contributed by atoms with E-state index in [0.717, 1.165) is 0 Å². The van der Waals surface area contributed by atoms with Gasteiger partial charge in [-0.05, 0) is 0 Å². The van der Waals surface area contributed by atoms with Crippen LogP contribution in [0, 0.1) is 5.92 Å². The van der Waals surface area contributed by atoms with Crippen molar-refractivity contribution in [1.29, 1.82) is 0 Å². The van der Waals surface area contributed by atoms with Crippen LogP contribution in [0.3, 0.4) is 0 Å². The molecule has 0 fully saturated rings. The Kier molecular flexibility index (Phi) is 13.6. The second-order valence-corrected chi connectivity index (χ2v) is 1.49. The molecule has 0 heterocycles. The molecule has 0 aromatic carbocycles. The van der Waals surface area contributed by atoms with Crippen molar-refractivity contribution in [2.45, 2.75) is 13.8 Å². The summed E-state index contributed by atoms with van der Waals surface area (Å²) < 4.78 is 0. The Labute approximate surface area is 58.1 Å². The fourth-order valence-electron chi connectivity index (χ4n) is 0. The van der Waals surface area contributed by atoms with Crippen molar-refractivity contribution in [3.8, 4) is 0 Å². The third-order valence-corrected chi connectivity index (χ3v) is 0.494. The average molecular weight is 171 g/mol. The number of hydrogen-bond donors (Lipinski definition) is 1. The molecule has 2 nitrogen and oxygen atoms in total. The van der Waals surface area contributed by atoms with E-state index in [-0.39, 0.29) is 27.7 Å². The van der Waals surface area contributed by atoms with E-state index in [9.17, 15) is 4.79 Å². The number of rotatable bonds is 1. The SMILES string of the molecule is CC(C)C(=O)O.[Cu].[F]. The molecule has 4 heteroatoms.